The van der Waals surface area contributed by atoms with Crippen LogP contribution >= 0.6 is 0 Å². The molecule has 1 saturated carbocycles. The van der Waals surface area contributed by atoms with Crippen LogP contribution in [0.15, 0.2) is 24.3 Å². The molecule has 1 aromatic heterocycles. The van der Waals surface area contributed by atoms with Gasteiger partial charge in [-0.3, -0.25) is 9.59 Å². The van der Waals surface area contributed by atoms with Gasteiger partial charge in [0, 0.05) is 24.0 Å². The molecule has 0 aliphatic heterocycles. The van der Waals surface area contributed by atoms with E-state index in [0.29, 0.717) is 10.9 Å². The Kier molecular flexibility index (Phi) is 3.77. The molecule has 2 aromatic rings. The summed E-state index contributed by atoms with van der Waals surface area (Å²) in [6.45, 7) is -0.418. The van der Waals surface area contributed by atoms with Crippen molar-refractivity contribution >= 4 is 22.8 Å². The van der Waals surface area contributed by atoms with Gasteiger partial charge in [-0.15, -0.1) is 0 Å². The monoisotopic (exact) mass is 340 g/mol. The van der Waals surface area contributed by atoms with E-state index in [1.54, 1.807) is 7.05 Å². The SMILES string of the molecule is Cn1c(C(=O)N(CC(=O)O)C2CC2)cc2cc(C(F)(F)F)ccc21. The van der Waals surface area contributed by atoms with Gasteiger partial charge in [0.15, 0.2) is 0 Å². The van der Waals surface area contributed by atoms with Gasteiger partial charge in [0.2, 0.25) is 0 Å². The molecule has 0 bridgehead atoms. The first-order valence-corrected chi connectivity index (χ1v) is 7.38. The largest absolute Gasteiger partial charge is 0.480 e. The molecule has 1 N–H and O–H groups in total. The lowest BCUT2D eigenvalue weighted by Crippen LogP contribution is -2.38. The fraction of sp³-hybridized carbons (Fsp3) is 0.375. The number of carboxylic acids is 1. The molecule has 3 rings (SSSR count). The highest BCUT2D eigenvalue weighted by molar-refractivity contribution is 6.00. The number of aryl methyl sites for hydroxylation is 1. The second kappa shape index (κ2) is 5.54. The first kappa shape index (κ1) is 16.4. The van der Waals surface area contributed by atoms with Gasteiger partial charge in [0.25, 0.3) is 5.91 Å². The number of benzene rings is 1. The number of carbonyl (C=O) groups is 2. The van der Waals surface area contributed by atoms with Gasteiger partial charge in [0.05, 0.1) is 5.56 Å². The number of carbonyl (C=O) groups excluding carboxylic acids is 1. The van der Waals surface area contributed by atoms with Crippen molar-refractivity contribution in [3.63, 3.8) is 0 Å². The van der Waals surface area contributed by atoms with Crippen LogP contribution in [-0.4, -0.2) is 39.0 Å². The van der Waals surface area contributed by atoms with Crippen LogP contribution in [-0.2, 0) is 18.0 Å². The van der Waals surface area contributed by atoms with E-state index >= 15 is 0 Å². The summed E-state index contributed by atoms with van der Waals surface area (Å²) in [5.74, 6) is -1.60. The van der Waals surface area contributed by atoms with E-state index in [9.17, 15) is 22.8 Å². The van der Waals surface area contributed by atoms with Crippen molar-refractivity contribution < 1.29 is 27.9 Å². The fourth-order valence-electron chi connectivity index (χ4n) is 2.78. The maximum absolute atomic E-state index is 12.8. The second-order valence-electron chi connectivity index (χ2n) is 5.92. The van der Waals surface area contributed by atoms with Crippen LogP contribution in [0.2, 0.25) is 0 Å². The van der Waals surface area contributed by atoms with Crippen molar-refractivity contribution in [3.8, 4) is 0 Å². The summed E-state index contributed by atoms with van der Waals surface area (Å²) in [7, 11) is 1.58. The van der Waals surface area contributed by atoms with E-state index in [-0.39, 0.29) is 11.7 Å². The quantitative estimate of drug-likeness (QED) is 0.931. The van der Waals surface area contributed by atoms with E-state index in [2.05, 4.69) is 0 Å². The maximum Gasteiger partial charge on any atom is 0.416 e. The summed E-state index contributed by atoms with van der Waals surface area (Å²) < 4.78 is 40.0. The van der Waals surface area contributed by atoms with Crippen LogP contribution in [0.1, 0.15) is 28.9 Å². The number of hydrogen-bond acceptors (Lipinski definition) is 2. The molecule has 0 spiro atoms. The lowest BCUT2D eigenvalue weighted by molar-refractivity contribution is -0.138. The van der Waals surface area contributed by atoms with E-state index in [1.165, 1.54) is 21.6 Å². The third-order valence-electron chi connectivity index (χ3n) is 4.14. The Bertz CT molecular complexity index is 822. The van der Waals surface area contributed by atoms with Gasteiger partial charge in [-0.25, -0.2) is 0 Å². The Morgan fingerprint density at radius 1 is 1.29 bits per heavy atom. The molecule has 1 aliphatic carbocycles. The molecule has 8 heteroatoms. The molecular weight excluding hydrogens is 325 g/mol. The van der Waals surface area contributed by atoms with Gasteiger partial charge >= 0.3 is 12.1 Å². The summed E-state index contributed by atoms with van der Waals surface area (Å²) in [6, 6.07) is 4.53. The molecule has 1 fully saturated rings. The summed E-state index contributed by atoms with van der Waals surface area (Å²) >= 11 is 0. The zero-order valence-electron chi connectivity index (χ0n) is 12.8. The Hall–Kier alpha value is -2.51. The Morgan fingerprint density at radius 2 is 1.96 bits per heavy atom. The molecule has 1 amide bonds. The maximum atomic E-state index is 12.8. The van der Waals surface area contributed by atoms with Crippen LogP contribution in [0.3, 0.4) is 0 Å². The van der Waals surface area contributed by atoms with Crippen LogP contribution < -0.4 is 0 Å². The zero-order chi connectivity index (χ0) is 17.6. The van der Waals surface area contributed by atoms with Crippen molar-refractivity contribution in [1.82, 2.24) is 9.47 Å². The topological polar surface area (TPSA) is 62.5 Å². The van der Waals surface area contributed by atoms with Crippen LogP contribution in [0.25, 0.3) is 10.9 Å². The van der Waals surface area contributed by atoms with Crippen LogP contribution in [0.5, 0.6) is 0 Å². The first-order chi connectivity index (χ1) is 11.2. The number of aromatic nitrogens is 1. The summed E-state index contributed by atoms with van der Waals surface area (Å²) in [5.41, 5.74) is -0.126. The van der Waals surface area contributed by atoms with Crippen molar-refractivity contribution in [3.05, 3.63) is 35.5 Å². The lowest BCUT2D eigenvalue weighted by Gasteiger charge is -2.20. The van der Waals surface area contributed by atoms with Gasteiger partial charge in [0.1, 0.15) is 12.2 Å². The number of amides is 1. The molecule has 5 nitrogen and oxygen atoms in total. The second-order valence-corrected chi connectivity index (χ2v) is 5.92. The summed E-state index contributed by atoms with van der Waals surface area (Å²) in [4.78, 5) is 24.9. The van der Waals surface area contributed by atoms with Gasteiger partial charge in [-0.1, -0.05) is 0 Å². The van der Waals surface area contributed by atoms with Gasteiger partial charge in [-0.2, -0.15) is 13.2 Å². The first-order valence-electron chi connectivity index (χ1n) is 7.38. The highest BCUT2D eigenvalue weighted by atomic mass is 19.4. The molecular formula is C16H15F3N2O3. The molecule has 24 heavy (non-hydrogen) atoms. The van der Waals surface area contributed by atoms with Crippen LogP contribution in [0, 0.1) is 0 Å². The minimum absolute atomic E-state index is 0.114. The predicted molar refractivity (Wildman–Crippen MR) is 79.6 cm³/mol. The van der Waals surface area contributed by atoms with Crippen LogP contribution in [0.4, 0.5) is 13.2 Å². The third-order valence-corrected chi connectivity index (χ3v) is 4.14. The Balaban J connectivity index is 2.01. The molecule has 0 atom stereocenters. The highest BCUT2D eigenvalue weighted by Gasteiger charge is 2.36. The number of carboxylic acid groups (broad SMARTS) is 1. The van der Waals surface area contributed by atoms with Crippen molar-refractivity contribution in [1.29, 1.82) is 0 Å². The normalized spacial score (nSPS) is 14.8. The number of hydrogen-bond donors (Lipinski definition) is 1. The molecule has 1 aromatic carbocycles. The molecule has 0 unspecified atom stereocenters. The minimum atomic E-state index is -4.46. The number of aliphatic carboxylic acids is 1. The average Bonchev–Trinajstić information content (AvgIpc) is 3.27. The number of alkyl halides is 3. The zero-order valence-corrected chi connectivity index (χ0v) is 12.8. The van der Waals surface area contributed by atoms with E-state index < -0.39 is 30.2 Å². The smallest absolute Gasteiger partial charge is 0.416 e. The highest BCUT2D eigenvalue weighted by Crippen LogP contribution is 2.33. The van der Waals surface area contributed by atoms with E-state index in [1.807, 2.05) is 0 Å². The molecule has 0 radical (unpaired) electrons. The average molecular weight is 340 g/mol. The van der Waals surface area contributed by atoms with E-state index in [4.69, 9.17) is 5.11 Å². The summed E-state index contributed by atoms with van der Waals surface area (Å²) in [5, 5.41) is 9.26. The van der Waals surface area contributed by atoms with Crippen molar-refractivity contribution in [2.75, 3.05) is 6.54 Å². The molecule has 1 aliphatic rings. The third kappa shape index (κ3) is 2.95. The Labute approximate surface area is 135 Å². The summed E-state index contributed by atoms with van der Waals surface area (Å²) in [6.07, 6.45) is -2.99. The molecule has 128 valence electrons. The number of halogens is 3. The minimum Gasteiger partial charge on any atom is -0.480 e. The number of nitrogens with zero attached hydrogens (tertiary/aromatic N) is 2. The van der Waals surface area contributed by atoms with Gasteiger partial charge in [-0.05, 0) is 37.1 Å². The number of fused-ring (bicyclic) bond motifs is 1. The molecule has 0 saturated heterocycles. The fourth-order valence-corrected chi connectivity index (χ4v) is 2.78. The van der Waals surface area contributed by atoms with Crippen molar-refractivity contribution in [2.24, 2.45) is 7.05 Å². The standard InChI is InChI=1S/C16H15F3N2O3/c1-20-12-5-2-10(16(17,18)19)6-9(12)7-13(20)15(24)21(8-14(22)23)11-3-4-11/h2,5-7,11H,3-4,8H2,1H3,(H,22,23). The lowest BCUT2D eigenvalue weighted by atomic mass is 10.1. The van der Waals surface area contributed by atoms with Gasteiger partial charge < -0.3 is 14.6 Å². The molecule has 1 heterocycles. The predicted octanol–water partition coefficient (Wildman–Crippen LogP) is 2.89. The van der Waals surface area contributed by atoms with Crippen molar-refractivity contribution in [2.45, 2.75) is 25.1 Å². The number of rotatable bonds is 4. The Morgan fingerprint density at radius 3 is 2.50 bits per heavy atom. The van der Waals surface area contributed by atoms with E-state index in [0.717, 1.165) is 25.0 Å².